The number of hydrogen-bond acceptors (Lipinski definition) is 5. The quantitative estimate of drug-likeness (QED) is 0.498. The largest absolute Gasteiger partial charge is 0.461 e. The smallest absolute Gasteiger partial charge is 0.360 e. The van der Waals surface area contributed by atoms with Crippen molar-refractivity contribution in [3.63, 3.8) is 0 Å². The zero-order chi connectivity index (χ0) is 17.6. The van der Waals surface area contributed by atoms with Crippen LogP contribution in [0.4, 0.5) is 11.5 Å². The Morgan fingerprint density at radius 3 is 2.60 bits per heavy atom. The van der Waals surface area contributed by atoms with E-state index in [0.29, 0.717) is 28.5 Å². The molecule has 1 N–H and O–H groups in total. The lowest BCUT2D eigenvalue weighted by molar-refractivity contribution is 0.0494. The highest BCUT2D eigenvalue weighted by molar-refractivity contribution is 6.30. The van der Waals surface area contributed by atoms with Crippen molar-refractivity contribution >= 4 is 40.1 Å². The lowest BCUT2D eigenvalue weighted by Crippen LogP contribution is -2.13. The first-order valence-electron chi connectivity index (χ1n) is 8.14. The second-order valence-corrected chi connectivity index (χ2v) is 5.97. The van der Waals surface area contributed by atoms with Crippen molar-refractivity contribution in [2.24, 2.45) is 0 Å². The van der Waals surface area contributed by atoms with Crippen LogP contribution in [0, 0.1) is 0 Å². The predicted octanol–water partition coefficient (Wildman–Crippen LogP) is 4.98. The van der Waals surface area contributed by atoms with Crippen LogP contribution in [0.3, 0.4) is 0 Å². The van der Waals surface area contributed by atoms with Gasteiger partial charge in [0.25, 0.3) is 0 Å². The number of hydrogen-bond donors (Lipinski definition) is 1. The predicted molar refractivity (Wildman–Crippen MR) is 99.5 cm³/mol. The molecule has 0 amide bonds. The molecule has 0 aliphatic heterocycles. The van der Waals surface area contributed by atoms with E-state index in [9.17, 15) is 4.79 Å². The molecule has 0 unspecified atom stereocenters. The molecule has 1 heterocycles. The monoisotopic (exact) mass is 355 g/mol. The fourth-order valence-electron chi connectivity index (χ4n) is 2.31. The molecular formula is C19H18ClN3O2. The number of nitrogens with one attached hydrogen (secondary N) is 1. The van der Waals surface area contributed by atoms with E-state index in [1.54, 1.807) is 12.1 Å². The summed E-state index contributed by atoms with van der Waals surface area (Å²) in [6, 6.07) is 14.6. The van der Waals surface area contributed by atoms with Crippen LogP contribution in [-0.4, -0.2) is 22.5 Å². The summed E-state index contributed by atoms with van der Waals surface area (Å²) < 4.78 is 5.31. The third-order valence-electron chi connectivity index (χ3n) is 3.58. The number of carbonyl (C=O) groups excluding carboxylic acids is 1. The summed E-state index contributed by atoms with van der Waals surface area (Å²) in [6.07, 6.45) is 1.76. The SMILES string of the molecule is CCCCOC(=O)c1nc2ccccc2nc1Nc1cccc(Cl)c1. The van der Waals surface area contributed by atoms with Gasteiger partial charge in [0.05, 0.1) is 17.6 Å². The normalized spacial score (nSPS) is 10.6. The van der Waals surface area contributed by atoms with Crippen molar-refractivity contribution in [2.45, 2.75) is 19.8 Å². The first-order chi connectivity index (χ1) is 12.2. The maximum absolute atomic E-state index is 12.5. The highest BCUT2D eigenvalue weighted by atomic mass is 35.5. The summed E-state index contributed by atoms with van der Waals surface area (Å²) in [5, 5.41) is 3.71. The molecule has 6 heteroatoms. The summed E-state index contributed by atoms with van der Waals surface area (Å²) >= 11 is 6.03. The van der Waals surface area contributed by atoms with E-state index in [1.807, 2.05) is 43.3 Å². The minimum atomic E-state index is -0.490. The number of ether oxygens (including phenoxy) is 1. The van der Waals surface area contributed by atoms with Gasteiger partial charge < -0.3 is 10.1 Å². The molecule has 2 aromatic carbocycles. The van der Waals surface area contributed by atoms with Crippen LogP contribution in [0.1, 0.15) is 30.3 Å². The molecule has 0 aliphatic rings. The molecule has 1 aromatic heterocycles. The summed E-state index contributed by atoms with van der Waals surface area (Å²) in [5.41, 5.74) is 2.22. The number of para-hydroxylation sites is 2. The van der Waals surface area contributed by atoms with Crippen LogP contribution in [0.25, 0.3) is 11.0 Å². The number of halogens is 1. The minimum Gasteiger partial charge on any atom is -0.461 e. The van der Waals surface area contributed by atoms with Gasteiger partial charge in [0, 0.05) is 10.7 Å². The Bertz CT molecular complexity index is 899. The van der Waals surface area contributed by atoms with Gasteiger partial charge in [-0.1, -0.05) is 43.1 Å². The van der Waals surface area contributed by atoms with E-state index >= 15 is 0 Å². The minimum absolute atomic E-state index is 0.162. The van der Waals surface area contributed by atoms with Crippen molar-refractivity contribution in [1.29, 1.82) is 0 Å². The van der Waals surface area contributed by atoms with E-state index in [-0.39, 0.29) is 5.69 Å². The first-order valence-corrected chi connectivity index (χ1v) is 8.51. The Morgan fingerprint density at radius 1 is 1.12 bits per heavy atom. The molecule has 0 saturated carbocycles. The van der Waals surface area contributed by atoms with Crippen molar-refractivity contribution in [1.82, 2.24) is 9.97 Å². The number of anilines is 2. The molecule has 3 rings (SSSR count). The number of fused-ring (bicyclic) bond motifs is 1. The van der Waals surface area contributed by atoms with Crippen molar-refractivity contribution in [3.8, 4) is 0 Å². The number of aromatic nitrogens is 2. The van der Waals surface area contributed by atoms with Crippen molar-refractivity contribution in [3.05, 3.63) is 59.2 Å². The summed E-state index contributed by atoms with van der Waals surface area (Å²) in [5.74, 6) is -0.140. The lowest BCUT2D eigenvalue weighted by atomic mass is 10.2. The van der Waals surface area contributed by atoms with Crippen molar-refractivity contribution < 1.29 is 9.53 Å². The molecular weight excluding hydrogens is 338 g/mol. The lowest BCUT2D eigenvalue weighted by Gasteiger charge is -2.12. The summed E-state index contributed by atoms with van der Waals surface area (Å²) in [7, 11) is 0. The van der Waals surface area contributed by atoms with Crippen LogP contribution in [0.15, 0.2) is 48.5 Å². The second kappa shape index (κ2) is 7.94. The molecule has 128 valence electrons. The zero-order valence-electron chi connectivity index (χ0n) is 13.8. The number of carbonyl (C=O) groups is 1. The Balaban J connectivity index is 1.98. The molecule has 0 radical (unpaired) electrons. The van der Waals surface area contributed by atoms with E-state index < -0.39 is 5.97 Å². The summed E-state index contributed by atoms with van der Waals surface area (Å²) in [4.78, 5) is 21.4. The number of nitrogens with zero attached hydrogens (tertiary/aromatic N) is 2. The third-order valence-corrected chi connectivity index (χ3v) is 3.82. The van der Waals surface area contributed by atoms with Crippen LogP contribution in [0.5, 0.6) is 0 Å². The molecule has 5 nitrogen and oxygen atoms in total. The standard InChI is InChI=1S/C19H18ClN3O2/c1-2-3-11-25-19(24)17-18(21-14-8-6-7-13(20)12-14)23-16-10-5-4-9-15(16)22-17/h4-10,12H,2-3,11H2,1H3,(H,21,23). The molecule has 0 fully saturated rings. The maximum Gasteiger partial charge on any atom is 0.360 e. The van der Waals surface area contributed by atoms with Crippen LogP contribution in [-0.2, 0) is 4.74 Å². The van der Waals surface area contributed by atoms with E-state index in [2.05, 4.69) is 15.3 Å². The van der Waals surface area contributed by atoms with Crippen LogP contribution in [0.2, 0.25) is 5.02 Å². The highest BCUT2D eigenvalue weighted by Crippen LogP contribution is 2.23. The van der Waals surface area contributed by atoms with Crippen LogP contribution < -0.4 is 5.32 Å². The number of benzene rings is 2. The van der Waals surface area contributed by atoms with Gasteiger partial charge in [-0.2, -0.15) is 0 Å². The molecule has 0 atom stereocenters. The molecule has 0 saturated heterocycles. The van der Waals surface area contributed by atoms with Crippen molar-refractivity contribution in [2.75, 3.05) is 11.9 Å². The van der Waals surface area contributed by atoms with Gasteiger partial charge in [0.15, 0.2) is 11.5 Å². The molecule has 0 spiro atoms. The number of rotatable bonds is 6. The average molecular weight is 356 g/mol. The van der Waals surface area contributed by atoms with E-state index in [4.69, 9.17) is 16.3 Å². The Hall–Kier alpha value is -2.66. The zero-order valence-corrected chi connectivity index (χ0v) is 14.6. The van der Waals surface area contributed by atoms with E-state index in [0.717, 1.165) is 18.5 Å². The molecule has 0 aliphatic carbocycles. The second-order valence-electron chi connectivity index (χ2n) is 5.53. The first kappa shape index (κ1) is 17.2. The van der Waals surface area contributed by atoms with Crippen LogP contribution >= 0.6 is 11.6 Å². The van der Waals surface area contributed by atoms with Gasteiger partial charge >= 0.3 is 5.97 Å². The highest BCUT2D eigenvalue weighted by Gasteiger charge is 2.18. The van der Waals surface area contributed by atoms with Gasteiger partial charge in [0.2, 0.25) is 0 Å². The number of unbranched alkanes of at least 4 members (excludes halogenated alkanes) is 1. The maximum atomic E-state index is 12.5. The van der Waals surface area contributed by atoms with Gasteiger partial charge in [-0.3, -0.25) is 0 Å². The fraction of sp³-hybridized carbons (Fsp3) is 0.211. The molecule has 3 aromatic rings. The van der Waals surface area contributed by atoms with Gasteiger partial charge in [0.1, 0.15) is 0 Å². The molecule has 0 bridgehead atoms. The number of esters is 1. The molecule has 25 heavy (non-hydrogen) atoms. The van der Waals surface area contributed by atoms with Gasteiger partial charge in [-0.15, -0.1) is 0 Å². The Labute approximate surface area is 151 Å². The van der Waals surface area contributed by atoms with Gasteiger partial charge in [-0.25, -0.2) is 14.8 Å². The van der Waals surface area contributed by atoms with E-state index in [1.165, 1.54) is 0 Å². The third kappa shape index (κ3) is 4.25. The Morgan fingerprint density at radius 2 is 1.88 bits per heavy atom. The van der Waals surface area contributed by atoms with Gasteiger partial charge in [-0.05, 0) is 36.8 Å². The summed E-state index contributed by atoms with van der Waals surface area (Å²) in [6.45, 7) is 2.40. The Kier molecular flexibility index (Phi) is 5.46. The topological polar surface area (TPSA) is 64.1 Å². The fourth-order valence-corrected chi connectivity index (χ4v) is 2.50. The average Bonchev–Trinajstić information content (AvgIpc) is 2.61.